The maximum absolute atomic E-state index is 12.8. The van der Waals surface area contributed by atoms with Gasteiger partial charge in [-0.2, -0.15) is 0 Å². The monoisotopic (exact) mass is 438 g/mol. The van der Waals surface area contributed by atoms with Crippen LogP contribution in [0, 0.1) is 12.3 Å². The lowest BCUT2D eigenvalue weighted by molar-refractivity contribution is 0.0263. The predicted molar refractivity (Wildman–Crippen MR) is 119 cm³/mol. The van der Waals surface area contributed by atoms with E-state index >= 15 is 0 Å². The van der Waals surface area contributed by atoms with Crippen LogP contribution in [0.2, 0.25) is 0 Å². The van der Waals surface area contributed by atoms with Gasteiger partial charge < -0.3 is 10.1 Å². The number of ketones is 1. The van der Waals surface area contributed by atoms with E-state index in [-0.39, 0.29) is 42.4 Å². The largest absolute Gasteiger partial charge is 0.385 e. The van der Waals surface area contributed by atoms with Gasteiger partial charge in [-0.15, -0.1) is 6.42 Å². The highest BCUT2D eigenvalue weighted by atomic mass is 32.2. The van der Waals surface area contributed by atoms with Crippen LogP contribution < -0.4 is 0 Å². The van der Waals surface area contributed by atoms with Crippen LogP contribution in [0.4, 0.5) is 0 Å². The summed E-state index contributed by atoms with van der Waals surface area (Å²) < 4.78 is 23.7. The molecule has 4 rings (SSSR count). The maximum Gasteiger partial charge on any atom is 0.202 e. The highest BCUT2D eigenvalue weighted by Crippen LogP contribution is 2.37. The van der Waals surface area contributed by atoms with Crippen LogP contribution in [0.15, 0.2) is 30.5 Å². The number of imidazole rings is 1. The van der Waals surface area contributed by atoms with Crippen LogP contribution in [0.1, 0.15) is 71.5 Å². The number of carbonyl (C=O) groups excluding carboxylic acids is 1. The lowest BCUT2D eigenvalue weighted by Crippen LogP contribution is -2.37. The van der Waals surface area contributed by atoms with E-state index in [1.165, 1.54) is 11.8 Å². The molecule has 2 N–H and O–H groups in total. The van der Waals surface area contributed by atoms with Gasteiger partial charge in [0.2, 0.25) is 5.78 Å². The van der Waals surface area contributed by atoms with Gasteiger partial charge in [0.15, 0.2) is 15.7 Å². The minimum absolute atomic E-state index is 0.0161. The number of hydrogen-bond donors (Lipinski definition) is 2. The number of H-pyrrole nitrogens is 1. The van der Waals surface area contributed by atoms with Gasteiger partial charge in [-0.05, 0) is 66.9 Å². The first-order valence-corrected chi connectivity index (χ1v) is 12.4. The molecule has 2 aromatic rings. The molecule has 1 saturated heterocycles. The summed E-state index contributed by atoms with van der Waals surface area (Å²) in [5, 5.41) is 11.2. The minimum atomic E-state index is -3.09. The fourth-order valence-electron chi connectivity index (χ4n) is 4.36. The molecule has 1 aromatic heterocycles. The first-order chi connectivity index (χ1) is 14.8. The van der Waals surface area contributed by atoms with Crippen LogP contribution in [0.5, 0.6) is 0 Å². The van der Waals surface area contributed by atoms with E-state index in [1.54, 1.807) is 0 Å². The number of benzene rings is 1. The third-order valence-corrected chi connectivity index (χ3v) is 7.94. The van der Waals surface area contributed by atoms with Gasteiger partial charge in [0.25, 0.3) is 0 Å². The molecule has 0 spiro atoms. The van der Waals surface area contributed by atoms with Crippen molar-refractivity contribution in [1.29, 1.82) is 0 Å². The molecule has 0 unspecified atom stereocenters. The highest BCUT2D eigenvalue weighted by molar-refractivity contribution is 7.91. The molecule has 162 valence electrons. The zero-order valence-electron chi connectivity index (χ0n) is 17.4. The molecule has 0 bridgehead atoms. The number of hydrogen-bond acceptors (Lipinski definition) is 5. The molecule has 0 saturated carbocycles. The van der Waals surface area contributed by atoms with Crippen molar-refractivity contribution >= 4 is 21.2 Å². The van der Waals surface area contributed by atoms with Crippen LogP contribution in [-0.2, 0) is 21.9 Å². The van der Waals surface area contributed by atoms with Gasteiger partial charge in [-0.3, -0.25) is 4.79 Å². The molecule has 7 heteroatoms. The molecular formula is C24H26N2O4S. The number of terminal acetylenes is 1. The van der Waals surface area contributed by atoms with Crippen molar-refractivity contribution in [3.05, 3.63) is 58.7 Å². The standard InChI is InChI=1S/C24H26N2O4S/c1-2-20-16-25-23(26-20)22(27)14-18-8-9-19(15-21(18)17-6-4-3-5-7-17)24(28)10-12-31(29,30)13-11-24/h1,6,8-9,15-16,28H,3-5,7,10-14H2,(H,25,26). The summed E-state index contributed by atoms with van der Waals surface area (Å²) >= 11 is 0. The second-order valence-electron chi connectivity index (χ2n) is 8.42. The highest BCUT2D eigenvalue weighted by Gasteiger charge is 2.37. The number of aromatic nitrogens is 2. The Hall–Kier alpha value is -2.69. The van der Waals surface area contributed by atoms with Crippen LogP contribution in [0.25, 0.3) is 5.57 Å². The molecule has 6 nitrogen and oxygen atoms in total. The van der Waals surface area contributed by atoms with Crippen molar-refractivity contribution in [2.45, 2.75) is 50.5 Å². The van der Waals surface area contributed by atoms with Crippen LogP contribution in [-0.4, -0.2) is 40.8 Å². The van der Waals surface area contributed by atoms with Crippen molar-refractivity contribution < 1.29 is 18.3 Å². The topological polar surface area (TPSA) is 100 Å². The molecule has 31 heavy (non-hydrogen) atoms. The lowest BCUT2D eigenvalue weighted by Gasteiger charge is -2.33. The number of nitrogens with zero attached hydrogens (tertiary/aromatic N) is 1. The van der Waals surface area contributed by atoms with E-state index in [2.05, 4.69) is 22.0 Å². The number of rotatable bonds is 5. The number of allylic oxidation sites excluding steroid dienone is 2. The summed E-state index contributed by atoms with van der Waals surface area (Å²) in [6.07, 6.45) is 13.7. The summed E-state index contributed by atoms with van der Waals surface area (Å²) in [5.41, 5.74) is 3.01. The molecule has 2 aliphatic rings. The Balaban J connectivity index is 1.67. The first kappa shape index (κ1) is 21.5. The van der Waals surface area contributed by atoms with Crippen LogP contribution in [0.3, 0.4) is 0 Å². The first-order valence-electron chi connectivity index (χ1n) is 10.6. The third kappa shape index (κ3) is 4.65. The van der Waals surface area contributed by atoms with Crippen molar-refractivity contribution in [2.24, 2.45) is 0 Å². The summed E-state index contributed by atoms with van der Waals surface area (Å²) in [6, 6.07) is 5.65. The molecule has 0 radical (unpaired) electrons. The summed E-state index contributed by atoms with van der Waals surface area (Å²) in [7, 11) is -3.09. The lowest BCUT2D eigenvalue weighted by atomic mass is 9.82. The van der Waals surface area contributed by atoms with Gasteiger partial charge in [0.05, 0.1) is 23.3 Å². The fraction of sp³-hybridized carbons (Fsp3) is 0.417. The van der Waals surface area contributed by atoms with E-state index < -0.39 is 15.4 Å². The van der Waals surface area contributed by atoms with E-state index in [0.29, 0.717) is 11.3 Å². The van der Waals surface area contributed by atoms with E-state index in [4.69, 9.17) is 6.42 Å². The molecule has 0 atom stereocenters. The smallest absolute Gasteiger partial charge is 0.202 e. The Morgan fingerprint density at radius 3 is 2.68 bits per heavy atom. The average Bonchev–Trinajstić information content (AvgIpc) is 3.26. The van der Waals surface area contributed by atoms with E-state index in [0.717, 1.165) is 36.8 Å². The Labute approximate surface area is 182 Å². The van der Waals surface area contributed by atoms with Crippen molar-refractivity contribution in [3.63, 3.8) is 0 Å². The molecular weight excluding hydrogens is 412 g/mol. The Morgan fingerprint density at radius 1 is 1.26 bits per heavy atom. The average molecular weight is 439 g/mol. The number of aliphatic hydroxyl groups is 1. The van der Waals surface area contributed by atoms with Crippen molar-refractivity contribution in [1.82, 2.24) is 9.97 Å². The SMILES string of the molecule is C#Cc1cnc(C(=O)Cc2ccc(C3(O)CCS(=O)(=O)CC3)cc2C2=CCCCC2)[nH]1. The zero-order chi connectivity index (χ0) is 22.1. The number of sulfone groups is 1. The Morgan fingerprint density at radius 2 is 2.03 bits per heavy atom. The second-order valence-corrected chi connectivity index (χ2v) is 10.7. The molecule has 0 amide bonds. The van der Waals surface area contributed by atoms with Crippen molar-refractivity contribution in [3.8, 4) is 12.3 Å². The number of Topliss-reactive ketones (excluding diaryl/α,β-unsaturated/α-hetero) is 1. The summed E-state index contributed by atoms with van der Waals surface area (Å²) in [5.74, 6) is 2.48. The van der Waals surface area contributed by atoms with Crippen LogP contribution >= 0.6 is 0 Å². The quantitative estimate of drug-likeness (QED) is 0.552. The fourth-order valence-corrected chi connectivity index (χ4v) is 5.86. The number of aromatic amines is 1. The van der Waals surface area contributed by atoms with E-state index in [9.17, 15) is 18.3 Å². The molecule has 2 heterocycles. The second kappa shape index (κ2) is 8.45. The zero-order valence-corrected chi connectivity index (χ0v) is 18.2. The number of nitrogens with one attached hydrogen (secondary N) is 1. The number of carbonyl (C=O) groups is 1. The summed E-state index contributed by atoms with van der Waals surface area (Å²) in [4.78, 5) is 19.7. The summed E-state index contributed by atoms with van der Waals surface area (Å²) in [6.45, 7) is 0. The van der Waals surface area contributed by atoms with Gasteiger partial charge in [-0.1, -0.05) is 24.1 Å². The molecule has 1 fully saturated rings. The third-order valence-electron chi connectivity index (χ3n) is 6.28. The van der Waals surface area contributed by atoms with Gasteiger partial charge in [0, 0.05) is 6.42 Å². The molecule has 1 aromatic carbocycles. The minimum Gasteiger partial charge on any atom is -0.385 e. The molecule has 1 aliphatic carbocycles. The molecule has 1 aliphatic heterocycles. The predicted octanol–water partition coefficient (Wildman–Crippen LogP) is 3.17. The van der Waals surface area contributed by atoms with Gasteiger partial charge in [0.1, 0.15) is 5.69 Å². The Bertz CT molecular complexity index is 1170. The van der Waals surface area contributed by atoms with Gasteiger partial charge >= 0.3 is 0 Å². The van der Waals surface area contributed by atoms with Gasteiger partial charge in [-0.25, -0.2) is 13.4 Å². The normalized spacial score (nSPS) is 19.9. The maximum atomic E-state index is 12.8. The Kier molecular flexibility index (Phi) is 5.87. The van der Waals surface area contributed by atoms with Crippen molar-refractivity contribution in [2.75, 3.05) is 11.5 Å². The van der Waals surface area contributed by atoms with E-state index in [1.807, 2.05) is 18.2 Å².